The van der Waals surface area contributed by atoms with Crippen molar-refractivity contribution in [1.82, 2.24) is 5.32 Å². The third-order valence-electron chi connectivity index (χ3n) is 3.86. The van der Waals surface area contributed by atoms with E-state index in [1.165, 1.54) is 0 Å². The van der Waals surface area contributed by atoms with E-state index >= 15 is 0 Å². The Morgan fingerprint density at radius 3 is 2.08 bits per heavy atom. The second-order valence-corrected chi connectivity index (χ2v) is 4.62. The standard InChI is InChI=1S/C10H21NS/c1-6-7(2)10(8(6)3)9(4)11-5-12/h6-12H,5H2,1-4H3. The summed E-state index contributed by atoms with van der Waals surface area (Å²) in [5.74, 6) is 4.31. The molecule has 1 aliphatic rings. The van der Waals surface area contributed by atoms with Crippen molar-refractivity contribution in [2.45, 2.75) is 33.7 Å². The Bertz CT molecular complexity index is 139. The fourth-order valence-electron chi connectivity index (χ4n) is 2.70. The average Bonchev–Trinajstić information content (AvgIpc) is 2.05. The van der Waals surface area contributed by atoms with E-state index in [2.05, 4.69) is 45.6 Å². The Balaban J connectivity index is 2.42. The van der Waals surface area contributed by atoms with E-state index in [9.17, 15) is 0 Å². The highest BCUT2D eigenvalue weighted by Crippen LogP contribution is 2.46. The summed E-state index contributed by atoms with van der Waals surface area (Å²) in [5, 5.41) is 3.39. The fourth-order valence-corrected chi connectivity index (χ4v) is 2.99. The van der Waals surface area contributed by atoms with Gasteiger partial charge in [-0.1, -0.05) is 20.8 Å². The summed E-state index contributed by atoms with van der Waals surface area (Å²) in [6.45, 7) is 9.37. The molecule has 1 N–H and O–H groups in total. The molecule has 0 bridgehead atoms. The minimum atomic E-state index is 0.628. The molecular weight excluding hydrogens is 166 g/mol. The van der Waals surface area contributed by atoms with E-state index in [1.54, 1.807) is 0 Å². The highest BCUT2D eigenvalue weighted by Gasteiger charge is 2.44. The van der Waals surface area contributed by atoms with Crippen molar-refractivity contribution < 1.29 is 0 Å². The molecule has 0 saturated heterocycles. The summed E-state index contributed by atoms with van der Waals surface area (Å²) in [4.78, 5) is 0. The van der Waals surface area contributed by atoms with Gasteiger partial charge in [-0.25, -0.2) is 0 Å². The van der Waals surface area contributed by atoms with Crippen LogP contribution >= 0.6 is 12.6 Å². The van der Waals surface area contributed by atoms with E-state index in [0.29, 0.717) is 6.04 Å². The van der Waals surface area contributed by atoms with Gasteiger partial charge in [0.15, 0.2) is 0 Å². The first kappa shape index (κ1) is 10.4. The zero-order valence-corrected chi connectivity index (χ0v) is 9.44. The third-order valence-corrected chi connectivity index (χ3v) is 4.05. The smallest absolute Gasteiger partial charge is 0.0389 e. The van der Waals surface area contributed by atoms with Gasteiger partial charge in [-0.15, -0.1) is 0 Å². The van der Waals surface area contributed by atoms with Gasteiger partial charge in [0.2, 0.25) is 0 Å². The predicted octanol–water partition coefficient (Wildman–Crippen LogP) is 2.39. The highest BCUT2D eigenvalue weighted by molar-refractivity contribution is 7.80. The van der Waals surface area contributed by atoms with Crippen molar-refractivity contribution in [3.63, 3.8) is 0 Å². The number of hydrogen-bond donors (Lipinski definition) is 2. The van der Waals surface area contributed by atoms with Crippen molar-refractivity contribution in [2.24, 2.45) is 23.7 Å². The molecule has 1 fully saturated rings. The zero-order chi connectivity index (χ0) is 9.30. The second-order valence-electron chi connectivity index (χ2n) is 4.31. The Labute approximate surface area is 81.7 Å². The van der Waals surface area contributed by atoms with Crippen LogP contribution in [0.1, 0.15) is 27.7 Å². The predicted molar refractivity (Wildman–Crippen MR) is 57.4 cm³/mol. The topological polar surface area (TPSA) is 12.0 Å². The van der Waals surface area contributed by atoms with E-state index in [-0.39, 0.29) is 0 Å². The SMILES string of the molecule is CC(NCS)C1C(C)C(C)C1C. The number of thiol groups is 1. The van der Waals surface area contributed by atoms with Gasteiger partial charge in [0.05, 0.1) is 0 Å². The summed E-state index contributed by atoms with van der Waals surface area (Å²) < 4.78 is 0. The Kier molecular flexibility index (Phi) is 3.47. The van der Waals surface area contributed by atoms with Gasteiger partial charge >= 0.3 is 0 Å². The normalized spacial score (nSPS) is 43.8. The lowest BCUT2D eigenvalue weighted by molar-refractivity contribution is -0.00637. The van der Waals surface area contributed by atoms with Gasteiger partial charge in [-0.2, -0.15) is 12.6 Å². The second kappa shape index (κ2) is 4.01. The maximum atomic E-state index is 4.19. The van der Waals surface area contributed by atoms with Gasteiger partial charge < -0.3 is 5.32 Å². The molecule has 3 unspecified atom stereocenters. The molecule has 0 aromatic rings. The molecule has 1 aliphatic carbocycles. The van der Waals surface area contributed by atoms with E-state index < -0.39 is 0 Å². The van der Waals surface area contributed by atoms with Crippen LogP contribution < -0.4 is 5.32 Å². The molecule has 3 atom stereocenters. The lowest BCUT2D eigenvalue weighted by Gasteiger charge is -2.51. The van der Waals surface area contributed by atoms with E-state index in [0.717, 1.165) is 29.5 Å². The molecule has 0 amide bonds. The number of nitrogens with one attached hydrogen (secondary N) is 1. The maximum Gasteiger partial charge on any atom is 0.0389 e. The van der Waals surface area contributed by atoms with Crippen LogP contribution in [0.25, 0.3) is 0 Å². The molecule has 1 nitrogen and oxygen atoms in total. The van der Waals surface area contributed by atoms with Crippen LogP contribution in [0.15, 0.2) is 0 Å². The first-order valence-corrected chi connectivity index (χ1v) is 5.57. The van der Waals surface area contributed by atoms with Crippen molar-refractivity contribution >= 4 is 12.6 Å². The summed E-state index contributed by atoms with van der Waals surface area (Å²) in [6.07, 6.45) is 0. The molecule has 0 aliphatic heterocycles. The van der Waals surface area contributed by atoms with Crippen LogP contribution in [0.5, 0.6) is 0 Å². The average molecular weight is 187 g/mol. The monoisotopic (exact) mass is 187 g/mol. The van der Waals surface area contributed by atoms with Crippen LogP contribution in [0.4, 0.5) is 0 Å². The van der Waals surface area contributed by atoms with Crippen LogP contribution in [-0.4, -0.2) is 11.9 Å². The fraction of sp³-hybridized carbons (Fsp3) is 1.00. The molecule has 1 saturated carbocycles. The lowest BCUT2D eigenvalue weighted by Crippen LogP contribution is -2.51. The highest BCUT2D eigenvalue weighted by atomic mass is 32.1. The largest absolute Gasteiger partial charge is 0.305 e. The van der Waals surface area contributed by atoms with Gasteiger partial charge in [0.1, 0.15) is 0 Å². The Morgan fingerprint density at radius 1 is 1.17 bits per heavy atom. The molecule has 0 aromatic heterocycles. The quantitative estimate of drug-likeness (QED) is 0.511. The van der Waals surface area contributed by atoms with Crippen molar-refractivity contribution in [2.75, 3.05) is 5.88 Å². The number of hydrogen-bond acceptors (Lipinski definition) is 2. The van der Waals surface area contributed by atoms with Crippen molar-refractivity contribution in [3.05, 3.63) is 0 Å². The molecule has 2 heteroatoms. The molecule has 1 rings (SSSR count). The van der Waals surface area contributed by atoms with E-state index in [4.69, 9.17) is 0 Å². The van der Waals surface area contributed by atoms with Crippen molar-refractivity contribution in [3.8, 4) is 0 Å². The summed E-state index contributed by atoms with van der Waals surface area (Å²) in [6, 6.07) is 0.628. The third kappa shape index (κ3) is 1.64. The minimum Gasteiger partial charge on any atom is -0.305 e. The zero-order valence-electron chi connectivity index (χ0n) is 8.54. The van der Waals surface area contributed by atoms with Crippen LogP contribution in [0, 0.1) is 23.7 Å². The molecule has 0 spiro atoms. The Morgan fingerprint density at radius 2 is 1.67 bits per heavy atom. The van der Waals surface area contributed by atoms with Gasteiger partial charge in [0, 0.05) is 11.9 Å². The molecule has 12 heavy (non-hydrogen) atoms. The lowest BCUT2D eigenvalue weighted by atomic mass is 9.56. The van der Waals surface area contributed by atoms with E-state index in [1.807, 2.05) is 0 Å². The van der Waals surface area contributed by atoms with Crippen LogP contribution in [-0.2, 0) is 0 Å². The van der Waals surface area contributed by atoms with Gasteiger partial charge in [-0.05, 0) is 30.6 Å². The van der Waals surface area contributed by atoms with Crippen LogP contribution in [0.3, 0.4) is 0 Å². The van der Waals surface area contributed by atoms with Crippen molar-refractivity contribution in [1.29, 1.82) is 0 Å². The summed E-state index contributed by atoms with van der Waals surface area (Å²) in [5.41, 5.74) is 0. The Hall–Kier alpha value is 0.310. The number of rotatable bonds is 3. The molecule has 0 aromatic carbocycles. The molecule has 72 valence electrons. The minimum absolute atomic E-state index is 0.628. The van der Waals surface area contributed by atoms with Gasteiger partial charge in [-0.3, -0.25) is 0 Å². The maximum absolute atomic E-state index is 4.19. The molecule has 0 radical (unpaired) electrons. The summed E-state index contributed by atoms with van der Waals surface area (Å²) >= 11 is 4.19. The van der Waals surface area contributed by atoms with Crippen LogP contribution in [0.2, 0.25) is 0 Å². The van der Waals surface area contributed by atoms with Gasteiger partial charge in [0.25, 0.3) is 0 Å². The first-order chi connectivity index (χ1) is 5.59. The molecular formula is C10H21NS. The first-order valence-electron chi connectivity index (χ1n) is 4.93. The molecule has 0 heterocycles. The summed E-state index contributed by atoms with van der Waals surface area (Å²) in [7, 11) is 0.